The quantitative estimate of drug-likeness (QED) is 0.643. The molecule has 1 rings (SSSR count). The van der Waals surface area contributed by atoms with Gasteiger partial charge in [-0.25, -0.2) is 9.97 Å². The molecule has 0 aliphatic heterocycles. The molecular weight excluding hydrogens is 218 g/mol. The van der Waals surface area contributed by atoms with Crippen molar-refractivity contribution in [3.63, 3.8) is 0 Å². The number of aliphatic hydroxyl groups excluding tert-OH is 2. The fraction of sp³-hybridized carbons (Fsp3) is 0.556. The number of halogens is 1. The second-order valence-electron chi connectivity index (χ2n) is 3.27. The van der Waals surface area contributed by atoms with Crippen LogP contribution in [-0.2, 0) is 0 Å². The molecule has 0 aliphatic carbocycles. The predicted molar refractivity (Wildman–Crippen MR) is 56.4 cm³/mol. The van der Waals surface area contributed by atoms with E-state index in [1.165, 1.54) is 6.20 Å². The number of nitrogens with zero attached hydrogens (tertiary/aromatic N) is 2. The first-order valence-electron chi connectivity index (χ1n) is 4.61. The van der Waals surface area contributed by atoms with Crippen LogP contribution in [0.3, 0.4) is 0 Å². The zero-order valence-electron chi connectivity index (χ0n) is 8.39. The van der Waals surface area contributed by atoms with E-state index in [1.54, 1.807) is 6.92 Å². The Labute approximate surface area is 92.9 Å². The van der Waals surface area contributed by atoms with Crippen molar-refractivity contribution in [2.75, 3.05) is 6.54 Å². The fourth-order valence-electron chi connectivity index (χ4n) is 1.27. The summed E-state index contributed by atoms with van der Waals surface area (Å²) in [5.74, 6) is 0. The van der Waals surface area contributed by atoms with E-state index < -0.39 is 12.2 Å². The topological polar surface area (TPSA) is 92.3 Å². The van der Waals surface area contributed by atoms with Crippen molar-refractivity contribution in [2.45, 2.75) is 25.6 Å². The van der Waals surface area contributed by atoms with Crippen molar-refractivity contribution >= 4 is 11.6 Å². The van der Waals surface area contributed by atoms with Gasteiger partial charge in [0.2, 0.25) is 5.28 Å². The van der Waals surface area contributed by atoms with Gasteiger partial charge in [-0.05, 0) is 31.5 Å². The summed E-state index contributed by atoms with van der Waals surface area (Å²) in [6.45, 7) is 2.01. The smallest absolute Gasteiger partial charge is 0.222 e. The van der Waals surface area contributed by atoms with Gasteiger partial charge >= 0.3 is 0 Å². The van der Waals surface area contributed by atoms with E-state index in [0.29, 0.717) is 24.2 Å². The van der Waals surface area contributed by atoms with Crippen LogP contribution in [0.5, 0.6) is 0 Å². The van der Waals surface area contributed by atoms with Gasteiger partial charge in [0.15, 0.2) is 0 Å². The van der Waals surface area contributed by atoms with Crippen LogP contribution in [0.4, 0.5) is 0 Å². The third-order valence-corrected chi connectivity index (χ3v) is 2.32. The number of hydrogen-bond acceptors (Lipinski definition) is 5. The Morgan fingerprint density at radius 1 is 1.53 bits per heavy atom. The van der Waals surface area contributed by atoms with Crippen LogP contribution in [0.2, 0.25) is 5.28 Å². The van der Waals surface area contributed by atoms with Crippen molar-refractivity contribution in [3.05, 3.63) is 22.7 Å². The van der Waals surface area contributed by atoms with Gasteiger partial charge in [-0.1, -0.05) is 0 Å². The summed E-state index contributed by atoms with van der Waals surface area (Å²) in [7, 11) is 0. The molecule has 0 saturated carbocycles. The fourth-order valence-corrected chi connectivity index (χ4v) is 1.45. The van der Waals surface area contributed by atoms with Gasteiger partial charge in [-0.15, -0.1) is 0 Å². The van der Waals surface area contributed by atoms with E-state index in [2.05, 4.69) is 9.97 Å². The van der Waals surface area contributed by atoms with Gasteiger partial charge in [0.25, 0.3) is 0 Å². The summed E-state index contributed by atoms with van der Waals surface area (Å²) in [6.07, 6.45) is -0.192. The van der Waals surface area contributed by atoms with Gasteiger partial charge in [0, 0.05) is 17.5 Å². The highest BCUT2D eigenvalue weighted by Crippen LogP contribution is 2.21. The first-order chi connectivity index (χ1) is 7.06. The Morgan fingerprint density at radius 3 is 2.73 bits per heavy atom. The lowest BCUT2D eigenvalue weighted by molar-refractivity contribution is 0.0142. The minimum atomic E-state index is -1.02. The summed E-state index contributed by atoms with van der Waals surface area (Å²) in [5.41, 5.74) is 6.31. The lowest BCUT2D eigenvalue weighted by Gasteiger charge is -2.18. The average molecular weight is 232 g/mol. The van der Waals surface area contributed by atoms with Crippen LogP contribution in [-0.4, -0.2) is 32.8 Å². The zero-order chi connectivity index (χ0) is 11.4. The van der Waals surface area contributed by atoms with E-state index in [9.17, 15) is 10.2 Å². The van der Waals surface area contributed by atoms with Crippen molar-refractivity contribution < 1.29 is 10.2 Å². The summed E-state index contributed by atoms with van der Waals surface area (Å²) in [4.78, 5) is 7.64. The van der Waals surface area contributed by atoms with Crippen LogP contribution in [0, 0.1) is 6.92 Å². The van der Waals surface area contributed by atoms with Crippen LogP contribution >= 0.6 is 11.6 Å². The molecule has 84 valence electrons. The molecule has 0 amide bonds. The molecule has 2 atom stereocenters. The Hall–Kier alpha value is -0.750. The third-order valence-electron chi connectivity index (χ3n) is 2.13. The number of nitrogens with two attached hydrogens (primary N) is 1. The zero-order valence-corrected chi connectivity index (χ0v) is 9.15. The summed E-state index contributed by atoms with van der Waals surface area (Å²) in [5, 5.41) is 19.4. The molecule has 0 saturated heterocycles. The van der Waals surface area contributed by atoms with E-state index >= 15 is 0 Å². The van der Waals surface area contributed by atoms with Crippen LogP contribution < -0.4 is 5.73 Å². The Balaban J connectivity index is 2.86. The molecular formula is C9H14ClN3O2. The van der Waals surface area contributed by atoms with Gasteiger partial charge in [0.05, 0.1) is 6.10 Å². The molecule has 6 heteroatoms. The summed E-state index contributed by atoms with van der Waals surface area (Å²) in [6, 6.07) is 0. The molecule has 0 radical (unpaired) electrons. The van der Waals surface area contributed by atoms with Crippen molar-refractivity contribution in [2.24, 2.45) is 5.73 Å². The predicted octanol–water partition coefficient (Wildman–Crippen LogP) is 0.182. The Bertz CT molecular complexity index is 335. The summed E-state index contributed by atoms with van der Waals surface area (Å²) >= 11 is 5.58. The minimum Gasteiger partial charge on any atom is -0.390 e. The highest BCUT2D eigenvalue weighted by atomic mass is 35.5. The van der Waals surface area contributed by atoms with Crippen LogP contribution in [0.25, 0.3) is 0 Å². The van der Waals surface area contributed by atoms with E-state index in [-0.39, 0.29) is 5.28 Å². The molecule has 0 bridgehead atoms. The molecule has 4 N–H and O–H groups in total. The van der Waals surface area contributed by atoms with Crippen molar-refractivity contribution in [3.8, 4) is 0 Å². The van der Waals surface area contributed by atoms with Crippen LogP contribution in [0.1, 0.15) is 23.8 Å². The SMILES string of the molecule is Cc1nc(Cl)ncc1C(O)C(O)CCN. The monoisotopic (exact) mass is 231 g/mol. The molecule has 0 spiro atoms. The van der Waals surface area contributed by atoms with Gasteiger partial charge in [0.1, 0.15) is 6.10 Å². The van der Waals surface area contributed by atoms with E-state index in [1.807, 2.05) is 0 Å². The second-order valence-corrected chi connectivity index (χ2v) is 3.61. The number of aromatic nitrogens is 2. The molecule has 0 aliphatic rings. The molecule has 1 aromatic heterocycles. The van der Waals surface area contributed by atoms with Gasteiger partial charge in [-0.2, -0.15) is 0 Å². The van der Waals surface area contributed by atoms with Crippen molar-refractivity contribution in [1.29, 1.82) is 0 Å². The molecule has 15 heavy (non-hydrogen) atoms. The lowest BCUT2D eigenvalue weighted by atomic mass is 10.0. The first-order valence-corrected chi connectivity index (χ1v) is 4.99. The largest absolute Gasteiger partial charge is 0.390 e. The molecule has 0 fully saturated rings. The summed E-state index contributed by atoms with van der Waals surface area (Å²) < 4.78 is 0. The second kappa shape index (κ2) is 5.37. The Morgan fingerprint density at radius 2 is 2.20 bits per heavy atom. The standard InChI is InChI=1S/C9H14ClN3O2/c1-5-6(4-12-9(10)13-5)8(15)7(14)2-3-11/h4,7-8,14-15H,2-3,11H2,1H3. The van der Waals surface area contributed by atoms with Crippen molar-refractivity contribution in [1.82, 2.24) is 9.97 Å². The minimum absolute atomic E-state index is 0.122. The van der Waals surface area contributed by atoms with Gasteiger partial charge < -0.3 is 15.9 Å². The third kappa shape index (κ3) is 3.10. The maximum absolute atomic E-state index is 9.76. The highest BCUT2D eigenvalue weighted by molar-refractivity contribution is 6.28. The lowest BCUT2D eigenvalue weighted by Crippen LogP contribution is -2.22. The van der Waals surface area contributed by atoms with E-state index in [0.717, 1.165) is 0 Å². The highest BCUT2D eigenvalue weighted by Gasteiger charge is 2.20. The maximum atomic E-state index is 9.76. The van der Waals surface area contributed by atoms with E-state index in [4.69, 9.17) is 17.3 Å². The Kier molecular flexibility index (Phi) is 4.41. The number of rotatable bonds is 4. The van der Waals surface area contributed by atoms with Gasteiger partial charge in [-0.3, -0.25) is 0 Å². The average Bonchev–Trinajstić information content (AvgIpc) is 2.17. The van der Waals surface area contributed by atoms with Crippen LogP contribution in [0.15, 0.2) is 6.20 Å². The number of hydrogen-bond donors (Lipinski definition) is 3. The number of aliphatic hydroxyl groups is 2. The molecule has 1 heterocycles. The molecule has 5 nitrogen and oxygen atoms in total. The molecule has 2 unspecified atom stereocenters. The normalized spacial score (nSPS) is 15.0. The molecule has 0 aromatic carbocycles. The molecule has 1 aromatic rings. The maximum Gasteiger partial charge on any atom is 0.222 e. The number of aryl methyl sites for hydroxylation is 1. The first kappa shape index (κ1) is 12.3.